The van der Waals surface area contributed by atoms with Gasteiger partial charge in [-0.15, -0.1) is 0 Å². The number of aromatic nitrogens is 1. The molecule has 0 saturated carbocycles. The van der Waals surface area contributed by atoms with Crippen LogP contribution in [0.1, 0.15) is 18.5 Å². The zero-order valence-corrected chi connectivity index (χ0v) is 9.85. The summed E-state index contributed by atoms with van der Waals surface area (Å²) in [7, 11) is 0. The molecule has 84 valence electrons. The van der Waals surface area contributed by atoms with Gasteiger partial charge in [0.25, 0.3) is 5.22 Å². The number of nitrogens with two attached hydrogens (primary N) is 1. The van der Waals surface area contributed by atoms with Crippen molar-refractivity contribution in [1.82, 2.24) is 4.98 Å². The SMILES string of the molecule is CC(Sc1ncco1)C(N)c1ccccc1. The first-order valence-electron chi connectivity index (χ1n) is 5.14. The average Bonchev–Trinajstić information content (AvgIpc) is 2.82. The van der Waals surface area contributed by atoms with Gasteiger partial charge in [-0.25, -0.2) is 4.98 Å². The first-order valence-corrected chi connectivity index (χ1v) is 6.02. The molecule has 0 bridgehead atoms. The Balaban J connectivity index is 2.02. The monoisotopic (exact) mass is 234 g/mol. The van der Waals surface area contributed by atoms with Crippen LogP contribution in [0.4, 0.5) is 0 Å². The second-order valence-electron chi connectivity index (χ2n) is 3.56. The van der Waals surface area contributed by atoms with Gasteiger partial charge in [-0.3, -0.25) is 0 Å². The Morgan fingerprint density at radius 1 is 1.31 bits per heavy atom. The number of benzene rings is 1. The van der Waals surface area contributed by atoms with E-state index in [2.05, 4.69) is 11.9 Å². The van der Waals surface area contributed by atoms with Crippen LogP contribution in [-0.2, 0) is 0 Å². The van der Waals surface area contributed by atoms with Crippen LogP contribution < -0.4 is 5.73 Å². The molecule has 1 aromatic heterocycles. The predicted molar refractivity (Wildman–Crippen MR) is 65.2 cm³/mol. The van der Waals surface area contributed by atoms with Gasteiger partial charge in [-0.05, 0) is 5.56 Å². The molecule has 0 radical (unpaired) electrons. The molecule has 0 saturated heterocycles. The van der Waals surface area contributed by atoms with Crippen LogP contribution in [-0.4, -0.2) is 10.2 Å². The van der Waals surface area contributed by atoms with Crippen LogP contribution in [0.5, 0.6) is 0 Å². The molecule has 0 aliphatic rings. The average molecular weight is 234 g/mol. The second-order valence-corrected chi connectivity index (χ2v) is 4.89. The van der Waals surface area contributed by atoms with E-state index in [1.807, 2.05) is 30.3 Å². The minimum atomic E-state index is -0.0156. The van der Waals surface area contributed by atoms with Gasteiger partial charge in [0.2, 0.25) is 0 Å². The van der Waals surface area contributed by atoms with Crippen molar-refractivity contribution in [3.05, 3.63) is 48.4 Å². The standard InChI is InChI=1S/C12H14N2OS/c1-9(16-12-14-7-8-15-12)11(13)10-5-3-2-4-6-10/h2-9,11H,13H2,1H3. The topological polar surface area (TPSA) is 52.0 Å². The molecule has 4 heteroatoms. The number of nitrogens with zero attached hydrogens (tertiary/aromatic N) is 1. The Bertz CT molecular complexity index is 416. The maximum atomic E-state index is 6.16. The molecular formula is C12H14N2OS. The highest BCUT2D eigenvalue weighted by Crippen LogP contribution is 2.29. The quantitative estimate of drug-likeness (QED) is 0.826. The van der Waals surface area contributed by atoms with Gasteiger partial charge >= 0.3 is 0 Å². The first-order chi connectivity index (χ1) is 7.77. The molecule has 0 fully saturated rings. The van der Waals surface area contributed by atoms with Crippen molar-refractivity contribution in [2.45, 2.75) is 23.4 Å². The summed E-state index contributed by atoms with van der Waals surface area (Å²) in [6, 6.07) is 10.0. The Kier molecular flexibility index (Phi) is 3.64. The van der Waals surface area contributed by atoms with E-state index < -0.39 is 0 Å². The Morgan fingerprint density at radius 3 is 2.69 bits per heavy atom. The molecular weight excluding hydrogens is 220 g/mol. The van der Waals surface area contributed by atoms with E-state index in [-0.39, 0.29) is 11.3 Å². The molecule has 0 aliphatic heterocycles. The van der Waals surface area contributed by atoms with Crippen molar-refractivity contribution in [3.63, 3.8) is 0 Å². The van der Waals surface area contributed by atoms with Crippen LogP contribution in [0.2, 0.25) is 0 Å². The lowest BCUT2D eigenvalue weighted by molar-refractivity contribution is 0.452. The maximum absolute atomic E-state index is 6.16. The van der Waals surface area contributed by atoms with E-state index >= 15 is 0 Å². The Morgan fingerprint density at radius 2 is 2.06 bits per heavy atom. The fourth-order valence-corrected chi connectivity index (χ4v) is 2.30. The van der Waals surface area contributed by atoms with Gasteiger partial charge in [0.1, 0.15) is 6.26 Å². The molecule has 2 unspecified atom stereocenters. The molecule has 1 heterocycles. The van der Waals surface area contributed by atoms with Crippen molar-refractivity contribution in [1.29, 1.82) is 0 Å². The minimum Gasteiger partial charge on any atom is -0.440 e. The summed E-state index contributed by atoms with van der Waals surface area (Å²) in [6.07, 6.45) is 3.21. The molecule has 0 spiro atoms. The largest absolute Gasteiger partial charge is 0.440 e. The van der Waals surface area contributed by atoms with E-state index in [0.717, 1.165) is 5.56 Å². The normalized spacial score (nSPS) is 14.6. The number of rotatable bonds is 4. The summed E-state index contributed by atoms with van der Waals surface area (Å²) < 4.78 is 5.19. The summed E-state index contributed by atoms with van der Waals surface area (Å²) in [5.41, 5.74) is 7.30. The molecule has 1 aromatic carbocycles. The number of hydrogen-bond donors (Lipinski definition) is 1. The van der Waals surface area contributed by atoms with Crippen LogP contribution in [0, 0.1) is 0 Å². The third-order valence-corrected chi connectivity index (χ3v) is 3.45. The fourth-order valence-electron chi connectivity index (χ4n) is 1.45. The van der Waals surface area contributed by atoms with Gasteiger partial charge in [0, 0.05) is 11.3 Å². The molecule has 16 heavy (non-hydrogen) atoms. The molecule has 0 aliphatic carbocycles. The van der Waals surface area contributed by atoms with Gasteiger partial charge < -0.3 is 10.2 Å². The van der Waals surface area contributed by atoms with Gasteiger partial charge in [-0.1, -0.05) is 49.0 Å². The molecule has 2 atom stereocenters. The van der Waals surface area contributed by atoms with Crippen molar-refractivity contribution in [2.75, 3.05) is 0 Å². The summed E-state index contributed by atoms with van der Waals surface area (Å²) in [5.74, 6) is 0. The van der Waals surface area contributed by atoms with Crippen LogP contribution >= 0.6 is 11.8 Å². The maximum Gasteiger partial charge on any atom is 0.255 e. The van der Waals surface area contributed by atoms with Crippen molar-refractivity contribution >= 4 is 11.8 Å². The smallest absolute Gasteiger partial charge is 0.255 e. The third-order valence-electron chi connectivity index (χ3n) is 2.39. The van der Waals surface area contributed by atoms with E-state index in [9.17, 15) is 0 Å². The summed E-state index contributed by atoms with van der Waals surface area (Å²) in [5, 5.41) is 0.889. The lowest BCUT2D eigenvalue weighted by Gasteiger charge is -2.18. The van der Waals surface area contributed by atoms with Crippen molar-refractivity contribution in [2.24, 2.45) is 5.73 Å². The summed E-state index contributed by atoms with van der Waals surface area (Å²) in [4.78, 5) is 4.07. The molecule has 2 aromatic rings. The Labute approximate surface area is 99.1 Å². The van der Waals surface area contributed by atoms with E-state index in [1.54, 1.807) is 24.2 Å². The minimum absolute atomic E-state index is 0.0156. The van der Waals surface area contributed by atoms with Gasteiger partial charge in [0.05, 0.1) is 6.20 Å². The molecule has 3 nitrogen and oxygen atoms in total. The van der Waals surface area contributed by atoms with E-state index in [0.29, 0.717) is 5.22 Å². The second kappa shape index (κ2) is 5.18. The van der Waals surface area contributed by atoms with Crippen molar-refractivity contribution in [3.8, 4) is 0 Å². The lowest BCUT2D eigenvalue weighted by Crippen LogP contribution is -2.20. The highest BCUT2D eigenvalue weighted by atomic mass is 32.2. The lowest BCUT2D eigenvalue weighted by atomic mass is 10.1. The molecule has 2 rings (SSSR count). The summed E-state index contributed by atoms with van der Waals surface area (Å²) in [6.45, 7) is 2.08. The van der Waals surface area contributed by atoms with Crippen LogP contribution in [0.15, 0.2) is 52.4 Å². The number of oxazole rings is 1. The highest BCUT2D eigenvalue weighted by molar-refractivity contribution is 7.99. The van der Waals surface area contributed by atoms with Crippen molar-refractivity contribution < 1.29 is 4.42 Å². The van der Waals surface area contributed by atoms with Gasteiger partial charge in [0.15, 0.2) is 0 Å². The summed E-state index contributed by atoms with van der Waals surface area (Å²) >= 11 is 1.55. The van der Waals surface area contributed by atoms with Crippen LogP contribution in [0.25, 0.3) is 0 Å². The van der Waals surface area contributed by atoms with E-state index in [4.69, 9.17) is 10.2 Å². The zero-order valence-electron chi connectivity index (χ0n) is 9.04. The fraction of sp³-hybridized carbons (Fsp3) is 0.250. The highest BCUT2D eigenvalue weighted by Gasteiger charge is 2.17. The molecule has 2 N–H and O–H groups in total. The molecule has 0 amide bonds. The predicted octanol–water partition coefficient (Wildman–Crippen LogP) is 2.86. The Hall–Kier alpha value is -1.26. The first kappa shape index (κ1) is 11.2. The number of hydrogen-bond acceptors (Lipinski definition) is 4. The van der Waals surface area contributed by atoms with Gasteiger partial charge in [-0.2, -0.15) is 0 Å². The van der Waals surface area contributed by atoms with E-state index in [1.165, 1.54) is 0 Å². The number of thioether (sulfide) groups is 1. The zero-order chi connectivity index (χ0) is 11.4. The van der Waals surface area contributed by atoms with Crippen LogP contribution in [0.3, 0.4) is 0 Å². The third kappa shape index (κ3) is 2.65.